The van der Waals surface area contributed by atoms with E-state index in [4.69, 9.17) is 4.74 Å². The van der Waals surface area contributed by atoms with Crippen LogP contribution in [0.5, 0.6) is 5.75 Å². The number of carbonyl (C=O) groups is 2. The number of anilines is 1. The van der Waals surface area contributed by atoms with E-state index >= 15 is 0 Å². The zero-order chi connectivity index (χ0) is 17.3. The Morgan fingerprint density at radius 2 is 2.25 bits per heavy atom. The maximum atomic E-state index is 12.2. The molecule has 0 saturated carbocycles. The molecule has 126 valence electrons. The summed E-state index contributed by atoms with van der Waals surface area (Å²) in [5, 5.41) is 5.75. The van der Waals surface area contributed by atoms with Crippen molar-refractivity contribution in [3.05, 3.63) is 41.5 Å². The lowest BCUT2D eigenvalue weighted by Crippen LogP contribution is -2.36. The van der Waals surface area contributed by atoms with Crippen LogP contribution in [-0.2, 0) is 4.79 Å². The average Bonchev–Trinajstić information content (AvgIpc) is 3.00. The highest BCUT2D eigenvalue weighted by Gasteiger charge is 2.26. The largest absolute Gasteiger partial charge is 0.478 e. The van der Waals surface area contributed by atoms with Gasteiger partial charge in [-0.3, -0.25) is 9.59 Å². The highest BCUT2D eigenvalue weighted by atomic mass is 16.5. The fourth-order valence-corrected chi connectivity index (χ4v) is 2.59. The quantitative estimate of drug-likeness (QED) is 0.802. The van der Waals surface area contributed by atoms with Crippen molar-refractivity contribution in [1.29, 1.82) is 0 Å². The number of amides is 2. The summed E-state index contributed by atoms with van der Waals surface area (Å²) in [6.07, 6.45) is 1.63. The van der Waals surface area contributed by atoms with Gasteiger partial charge in [0.1, 0.15) is 17.3 Å². The highest BCUT2D eigenvalue weighted by molar-refractivity contribution is 5.97. The van der Waals surface area contributed by atoms with E-state index in [1.165, 1.54) is 6.20 Å². The second kappa shape index (κ2) is 6.35. The number of ether oxygens (including phenoxy) is 1. The normalized spacial score (nSPS) is 17.5. The van der Waals surface area contributed by atoms with Gasteiger partial charge >= 0.3 is 0 Å². The van der Waals surface area contributed by atoms with E-state index in [1.807, 2.05) is 26.0 Å². The Morgan fingerprint density at radius 3 is 2.92 bits per heavy atom. The second-order valence-corrected chi connectivity index (χ2v) is 5.84. The van der Waals surface area contributed by atoms with Crippen LogP contribution in [0, 0.1) is 6.92 Å². The highest BCUT2D eigenvalue weighted by Crippen LogP contribution is 2.33. The number of benzene rings is 1. The minimum absolute atomic E-state index is 0.131. The first-order valence-corrected chi connectivity index (χ1v) is 7.92. The molecule has 0 unspecified atom stereocenters. The minimum Gasteiger partial charge on any atom is -0.478 e. The van der Waals surface area contributed by atoms with Crippen LogP contribution in [0.4, 0.5) is 5.69 Å². The Kier molecular flexibility index (Phi) is 4.24. The lowest BCUT2D eigenvalue weighted by atomic mass is 10.1. The van der Waals surface area contributed by atoms with Crippen molar-refractivity contribution < 1.29 is 14.3 Å². The Balaban J connectivity index is 1.75. The molecule has 0 saturated heterocycles. The molecule has 0 spiro atoms. The van der Waals surface area contributed by atoms with Crippen LogP contribution >= 0.6 is 0 Å². The van der Waals surface area contributed by atoms with E-state index in [0.29, 0.717) is 29.4 Å². The molecule has 1 aliphatic heterocycles. The summed E-state index contributed by atoms with van der Waals surface area (Å²) in [5.74, 6) is 0.962. The summed E-state index contributed by atoms with van der Waals surface area (Å²) in [7, 11) is 0. The Labute approximate surface area is 139 Å². The number of aryl methyl sites for hydroxylation is 1. The third-order valence-corrected chi connectivity index (χ3v) is 3.99. The fraction of sp³-hybridized carbons (Fsp3) is 0.353. The number of hydrogen-bond donors (Lipinski definition) is 3. The van der Waals surface area contributed by atoms with Gasteiger partial charge in [-0.1, -0.05) is 13.0 Å². The number of aromatic nitrogens is 2. The van der Waals surface area contributed by atoms with Crippen LogP contribution in [0.15, 0.2) is 24.4 Å². The lowest BCUT2D eigenvalue weighted by molar-refractivity contribution is -0.123. The summed E-state index contributed by atoms with van der Waals surface area (Å²) in [4.78, 5) is 30.9. The molecule has 0 fully saturated rings. The molecule has 0 bridgehead atoms. The summed E-state index contributed by atoms with van der Waals surface area (Å²) >= 11 is 0. The molecule has 1 aliphatic rings. The van der Waals surface area contributed by atoms with Gasteiger partial charge in [0.2, 0.25) is 0 Å². The average molecular weight is 328 g/mol. The van der Waals surface area contributed by atoms with Crippen LogP contribution in [0.2, 0.25) is 0 Å². The van der Waals surface area contributed by atoms with E-state index in [1.54, 1.807) is 13.0 Å². The van der Waals surface area contributed by atoms with Gasteiger partial charge in [-0.15, -0.1) is 0 Å². The molecule has 3 N–H and O–H groups in total. The standard InChI is InChI=1S/C17H20N4O3/c1-4-14-17(23)21-12-6-5-11(7-15(12)24-14)9(2)19-16(22)13-8-18-10(3)20-13/h5-9,14H,4H2,1-3H3,(H,18,20)(H,19,22)(H,21,23)/t9-,14+/m0/s1. The zero-order valence-electron chi connectivity index (χ0n) is 13.8. The molecular formula is C17H20N4O3. The fourth-order valence-electron chi connectivity index (χ4n) is 2.59. The van der Waals surface area contributed by atoms with Gasteiger partial charge in [0.05, 0.1) is 17.9 Å². The molecule has 0 aliphatic carbocycles. The van der Waals surface area contributed by atoms with Crippen LogP contribution in [0.1, 0.15) is 48.2 Å². The molecule has 2 atom stereocenters. The molecule has 24 heavy (non-hydrogen) atoms. The van der Waals surface area contributed by atoms with Gasteiger partial charge in [0.25, 0.3) is 11.8 Å². The van der Waals surface area contributed by atoms with Crippen molar-refractivity contribution in [3.63, 3.8) is 0 Å². The zero-order valence-corrected chi connectivity index (χ0v) is 13.8. The minimum atomic E-state index is -0.481. The van der Waals surface area contributed by atoms with Gasteiger partial charge in [-0.25, -0.2) is 4.98 Å². The topological polar surface area (TPSA) is 96.1 Å². The maximum absolute atomic E-state index is 12.2. The van der Waals surface area contributed by atoms with E-state index < -0.39 is 6.10 Å². The van der Waals surface area contributed by atoms with E-state index in [-0.39, 0.29) is 17.9 Å². The van der Waals surface area contributed by atoms with Crippen molar-refractivity contribution in [2.24, 2.45) is 0 Å². The number of rotatable bonds is 4. The van der Waals surface area contributed by atoms with E-state index in [2.05, 4.69) is 20.6 Å². The summed E-state index contributed by atoms with van der Waals surface area (Å²) < 4.78 is 5.74. The molecule has 0 radical (unpaired) electrons. The predicted molar refractivity (Wildman–Crippen MR) is 89.0 cm³/mol. The number of hydrogen-bond acceptors (Lipinski definition) is 4. The van der Waals surface area contributed by atoms with Crippen molar-refractivity contribution in [2.45, 2.75) is 39.3 Å². The number of aromatic amines is 1. The third-order valence-electron chi connectivity index (χ3n) is 3.99. The molecule has 2 amide bonds. The van der Waals surface area contributed by atoms with Crippen LogP contribution < -0.4 is 15.4 Å². The maximum Gasteiger partial charge on any atom is 0.269 e. The van der Waals surface area contributed by atoms with Crippen LogP contribution in [-0.4, -0.2) is 27.9 Å². The van der Waals surface area contributed by atoms with Gasteiger partial charge in [-0.05, 0) is 38.0 Å². The van der Waals surface area contributed by atoms with Gasteiger partial charge in [-0.2, -0.15) is 0 Å². The smallest absolute Gasteiger partial charge is 0.269 e. The summed E-state index contributed by atoms with van der Waals surface area (Å²) in [6, 6.07) is 5.28. The SMILES string of the molecule is CC[C@H]1Oc2cc([C@H](C)NC(=O)c3cnc(C)[nH]3)ccc2NC1=O. The van der Waals surface area contributed by atoms with Gasteiger partial charge < -0.3 is 20.4 Å². The molecular weight excluding hydrogens is 308 g/mol. The van der Waals surface area contributed by atoms with Crippen molar-refractivity contribution in [2.75, 3.05) is 5.32 Å². The number of nitrogens with zero attached hydrogens (tertiary/aromatic N) is 1. The monoisotopic (exact) mass is 328 g/mol. The van der Waals surface area contributed by atoms with Crippen molar-refractivity contribution >= 4 is 17.5 Å². The van der Waals surface area contributed by atoms with Crippen LogP contribution in [0.25, 0.3) is 0 Å². The van der Waals surface area contributed by atoms with E-state index in [0.717, 1.165) is 5.56 Å². The number of nitrogens with one attached hydrogen (secondary N) is 3. The molecule has 2 aromatic rings. The molecule has 7 heteroatoms. The Morgan fingerprint density at radius 1 is 1.46 bits per heavy atom. The number of carbonyl (C=O) groups excluding carboxylic acids is 2. The molecule has 2 heterocycles. The molecule has 1 aromatic carbocycles. The number of imidazole rings is 1. The Bertz CT molecular complexity index is 784. The first-order chi connectivity index (χ1) is 11.5. The molecule has 7 nitrogen and oxygen atoms in total. The van der Waals surface area contributed by atoms with Crippen molar-refractivity contribution in [1.82, 2.24) is 15.3 Å². The lowest BCUT2D eigenvalue weighted by Gasteiger charge is -2.26. The van der Waals surface area contributed by atoms with Gasteiger partial charge in [0.15, 0.2) is 6.10 Å². The third kappa shape index (κ3) is 3.10. The van der Waals surface area contributed by atoms with Crippen LogP contribution in [0.3, 0.4) is 0 Å². The summed E-state index contributed by atoms with van der Waals surface area (Å²) in [5.41, 5.74) is 1.97. The van der Waals surface area contributed by atoms with E-state index in [9.17, 15) is 9.59 Å². The molecule has 3 rings (SSSR count). The molecule has 1 aromatic heterocycles. The number of fused-ring (bicyclic) bond motifs is 1. The number of H-pyrrole nitrogens is 1. The second-order valence-electron chi connectivity index (χ2n) is 5.84. The first-order valence-electron chi connectivity index (χ1n) is 7.92. The van der Waals surface area contributed by atoms with Gasteiger partial charge in [0, 0.05) is 0 Å². The summed E-state index contributed by atoms with van der Waals surface area (Å²) in [6.45, 7) is 5.58. The Hall–Kier alpha value is -2.83. The predicted octanol–water partition coefficient (Wildman–Crippen LogP) is 2.32. The van der Waals surface area contributed by atoms with Crippen molar-refractivity contribution in [3.8, 4) is 5.75 Å². The first kappa shape index (κ1) is 16.0.